The minimum absolute atomic E-state index is 0.0657. The molecule has 1 amide bonds. The number of carbonyl (C=O) groups is 1. The van der Waals surface area contributed by atoms with Gasteiger partial charge in [-0.2, -0.15) is 5.26 Å². The summed E-state index contributed by atoms with van der Waals surface area (Å²) in [5.74, 6) is 0.306. The van der Waals surface area contributed by atoms with Crippen molar-refractivity contribution >= 4 is 5.91 Å². The monoisotopic (exact) mass is 268 g/mol. The van der Waals surface area contributed by atoms with Crippen molar-refractivity contribution in [3.63, 3.8) is 0 Å². The van der Waals surface area contributed by atoms with Gasteiger partial charge in [0.2, 0.25) is 5.91 Å². The number of amides is 1. The highest BCUT2D eigenvalue weighted by atomic mass is 16.5. The zero-order valence-corrected chi connectivity index (χ0v) is 12.1. The first-order valence-electron chi connectivity index (χ1n) is 6.83. The van der Waals surface area contributed by atoms with Gasteiger partial charge in [0.05, 0.1) is 12.7 Å². The summed E-state index contributed by atoms with van der Waals surface area (Å²) in [5.41, 5.74) is -0.902. The summed E-state index contributed by atoms with van der Waals surface area (Å²) in [7, 11) is 1.62. The maximum Gasteiger partial charge on any atom is 0.243 e. The van der Waals surface area contributed by atoms with E-state index < -0.39 is 5.41 Å². The van der Waals surface area contributed by atoms with Crippen molar-refractivity contribution in [1.29, 1.82) is 5.26 Å². The van der Waals surface area contributed by atoms with Crippen LogP contribution in [-0.2, 0) is 14.3 Å². The second-order valence-corrected chi connectivity index (χ2v) is 5.44. The first-order valence-corrected chi connectivity index (χ1v) is 6.83. The molecule has 0 bridgehead atoms. The molecule has 5 heteroatoms. The highest BCUT2D eigenvalue weighted by Crippen LogP contribution is 2.32. The lowest BCUT2D eigenvalue weighted by Crippen LogP contribution is -2.48. The topological polar surface area (TPSA) is 62.6 Å². The van der Waals surface area contributed by atoms with Crippen LogP contribution in [0.15, 0.2) is 0 Å². The Morgan fingerprint density at radius 1 is 1.47 bits per heavy atom. The number of nitrogens with zero attached hydrogens (tertiary/aromatic N) is 2. The molecule has 0 aromatic carbocycles. The molecule has 1 fully saturated rings. The van der Waals surface area contributed by atoms with Crippen molar-refractivity contribution < 1.29 is 14.3 Å². The minimum Gasteiger partial charge on any atom is -0.383 e. The Bertz CT molecular complexity index is 330. The molecule has 1 aliphatic heterocycles. The summed E-state index contributed by atoms with van der Waals surface area (Å²) in [4.78, 5) is 14.5. The number of rotatable bonds is 6. The quantitative estimate of drug-likeness (QED) is 0.731. The van der Waals surface area contributed by atoms with E-state index in [4.69, 9.17) is 9.47 Å². The summed E-state index contributed by atoms with van der Waals surface area (Å²) in [6.45, 7) is 6.80. The molecule has 1 saturated heterocycles. The fourth-order valence-electron chi connectivity index (χ4n) is 2.31. The zero-order valence-electron chi connectivity index (χ0n) is 12.1. The van der Waals surface area contributed by atoms with Gasteiger partial charge in [-0.15, -0.1) is 0 Å². The molecule has 0 saturated carbocycles. The van der Waals surface area contributed by atoms with Crippen LogP contribution in [-0.4, -0.2) is 50.8 Å². The number of carbonyl (C=O) groups excluding carboxylic acids is 1. The van der Waals surface area contributed by atoms with Crippen molar-refractivity contribution in [2.75, 3.05) is 40.0 Å². The van der Waals surface area contributed by atoms with Gasteiger partial charge in [0.25, 0.3) is 0 Å². The average Bonchev–Trinajstić information content (AvgIpc) is 2.43. The van der Waals surface area contributed by atoms with Gasteiger partial charge in [0, 0.05) is 33.4 Å². The lowest BCUT2D eigenvalue weighted by molar-refractivity contribution is -0.144. The number of ether oxygens (including phenoxy) is 2. The highest BCUT2D eigenvalue weighted by Gasteiger charge is 2.43. The van der Waals surface area contributed by atoms with Crippen molar-refractivity contribution in [1.82, 2.24) is 4.90 Å². The molecule has 0 spiro atoms. The molecule has 1 heterocycles. The third-order valence-electron chi connectivity index (χ3n) is 3.41. The van der Waals surface area contributed by atoms with Crippen LogP contribution < -0.4 is 0 Å². The van der Waals surface area contributed by atoms with E-state index >= 15 is 0 Å². The maximum atomic E-state index is 12.7. The average molecular weight is 268 g/mol. The van der Waals surface area contributed by atoms with E-state index in [1.165, 1.54) is 0 Å². The molecule has 108 valence electrons. The highest BCUT2D eigenvalue weighted by molar-refractivity contribution is 5.85. The molecule has 19 heavy (non-hydrogen) atoms. The van der Waals surface area contributed by atoms with Crippen LogP contribution >= 0.6 is 0 Å². The van der Waals surface area contributed by atoms with Crippen LogP contribution in [0.1, 0.15) is 26.7 Å². The Labute approximate surface area is 115 Å². The molecule has 1 aliphatic rings. The van der Waals surface area contributed by atoms with Gasteiger partial charge in [0.15, 0.2) is 0 Å². The van der Waals surface area contributed by atoms with E-state index in [9.17, 15) is 10.1 Å². The second-order valence-electron chi connectivity index (χ2n) is 5.44. The number of hydrogen-bond acceptors (Lipinski definition) is 4. The SMILES string of the molecule is COCCN(CC(C)C)C(=O)C1(C#N)CCOCC1. The predicted molar refractivity (Wildman–Crippen MR) is 71.4 cm³/mol. The molecule has 0 unspecified atom stereocenters. The van der Waals surface area contributed by atoms with Gasteiger partial charge in [-0.05, 0) is 18.8 Å². The maximum absolute atomic E-state index is 12.7. The normalized spacial score (nSPS) is 18.1. The summed E-state index contributed by atoms with van der Waals surface area (Å²) in [6.07, 6.45) is 0.980. The number of methoxy groups -OCH3 is 1. The van der Waals surface area contributed by atoms with Gasteiger partial charge >= 0.3 is 0 Å². The molecule has 0 radical (unpaired) electrons. The standard InChI is InChI=1S/C14H24N2O3/c1-12(2)10-16(6-9-18-3)13(17)14(11-15)4-7-19-8-5-14/h12H,4-10H2,1-3H3. The van der Waals surface area contributed by atoms with Crippen molar-refractivity contribution in [2.24, 2.45) is 11.3 Å². The van der Waals surface area contributed by atoms with Crippen LogP contribution in [0.25, 0.3) is 0 Å². The van der Waals surface area contributed by atoms with E-state index in [1.54, 1.807) is 12.0 Å². The van der Waals surface area contributed by atoms with Crippen LogP contribution in [0.3, 0.4) is 0 Å². The van der Waals surface area contributed by atoms with E-state index in [1.807, 2.05) is 0 Å². The fraction of sp³-hybridized carbons (Fsp3) is 0.857. The van der Waals surface area contributed by atoms with Crippen molar-refractivity contribution in [3.8, 4) is 6.07 Å². The van der Waals surface area contributed by atoms with Crippen LogP contribution in [0.5, 0.6) is 0 Å². The lowest BCUT2D eigenvalue weighted by Gasteiger charge is -2.35. The van der Waals surface area contributed by atoms with E-state index in [2.05, 4.69) is 19.9 Å². The van der Waals surface area contributed by atoms with Gasteiger partial charge in [-0.25, -0.2) is 0 Å². The molecular weight excluding hydrogens is 244 g/mol. The zero-order chi connectivity index (χ0) is 14.3. The first-order chi connectivity index (χ1) is 9.05. The Hall–Kier alpha value is -1.12. The molecule has 1 rings (SSSR count). The van der Waals surface area contributed by atoms with E-state index in [0.29, 0.717) is 51.7 Å². The largest absolute Gasteiger partial charge is 0.383 e. The minimum atomic E-state index is -0.902. The molecule has 0 N–H and O–H groups in total. The number of hydrogen-bond donors (Lipinski definition) is 0. The molecule has 0 aromatic rings. The fourth-order valence-corrected chi connectivity index (χ4v) is 2.31. The molecule has 0 aliphatic carbocycles. The third kappa shape index (κ3) is 4.19. The number of nitriles is 1. The molecular formula is C14H24N2O3. The third-order valence-corrected chi connectivity index (χ3v) is 3.41. The Morgan fingerprint density at radius 2 is 2.11 bits per heavy atom. The van der Waals surface area contributed by atoms with Crippen LogP contribution in [0.4, 0.5) is 0 Å². The summed E-state index contributed by atoms with van der Waals surface area (Å²) >= 11 is 0. The Morgan fingerprint density at radius 3 is 2.58 bits per heavy atom. The lowest BCUT2D eigenvalue weighted by atomic mass is 9.80. The van der Waals surface area contributed by atoms with Crippen molar-refractivity contribution in [2.45, 2.75) is 26.7 Å². The Balaban J connectivity index is 2.80. The molecule has 0 atom stereocenters. The van der Waals surface area contributed by atoms with E-state index in [0.717, 1.165) is 0 Å². The van der Waals surface area contributed by atoms with Crippen LogP contribution in [0.2, 0.25) is 0 Å². The Kier molecular flexibility index (Phi) is 6.26. The second kappa shape index (κ2) is 7.46. The summed E-state index contributed by atoms with van der Waals surface area (Å²) < 4.78 is 10.3. The van der Waals surface area contributed by atoms with E-state index in [-0.39, 0.29) is 5.91 Å². The smallest absolute Gasteiger partial charge is 0.243 e. The molecule has 0 aromatic heterocycles. The predicted octanol–water partition coefficient (Wildman–Crippen LogP) is 1.44. The summed E-state index contributed by atoms with van der Waals surface area (Å²) in [6, 6.07) is 2.24. The van der Waals surface area contributed by atoms with Crippen LogP contribution in [0, 0.1) is 22.7 Å². The summed E-state index contributed by atoms with van der Waals surface area (Å²) in [5, 5.41) is 9.44. The van der Waals surface area contributed by atoms with Gasteiger partial charge in [-0.3, -0.25) is 4.79 Å². The molecule has 5 nitrogen and oxygen atoms in total. The van der Waals surface area contributed by atoms with Gasteiger partial charge < -0.3 is 14.4 Å². The van der Waals surface area contributed by atoms with Crippen molar-refractivity contribution in [3.05, 3.63) is 0 Å². The van der Waals surface area contributed by atoms with Gasteiger partial charge in [-0.1, -0.05) is 13.8 Å². The first kappa shape index (κ1) is 15.9. The van der Waals surface area contributed by atoms with Gasteiger partial charge in [0.1, 0.15) is 5.41 Å².